The van der Waals surface area contributed by atoms with Crippen LogP contribution in [0.1, 0.15) is 29.6 Å². The summed E-state index contributed by atoms with van der Waals surface area (Å²) in [5, 5.41) is 13.3. The van der Waals surface area contributed by atoms with Crippen LogP contribution in [-0.4, -0.2) is 5.11 Å². The monoisotopic (exact) mass is 288 g/mol. The topological polar surface area (TPSA) is 20.2 Å². The lowest BCUT2D eigenvalue weighted by atomic mass is 9.85. The molecule has 0 aromatic heterocycles. The molecule has 0 fully saturated rings. The third-order valence-corrected chi connectivity index (χ3v) is 4.17. The second-order valence-corrected chi connectivity index (χ2v) is 5.55. The van der Waals surface area contributed by atoms with Gasteiger partial charge in [-0.05, 0) is 28.3 Å². The fraction of sp³-hybridized carbons (Fsp3) is 0.143. The van der Waals surface area contributed by atoms with Crippen LogP contribution in [0.15, 0.2) is 85.5 Å². The van der Waals surface area contributed by atoms with Crippen LogP contribution >= 0.6 is 0 Å². The normalized spacial score (nSPS) is 13.7. The Morgan fingerprint density at radius 3 is 2.32 bits per heavy atom. The van der Waals surface area contributed by atoms with Crippen molar-refractivity contribution in [1.82, 2.24) is 0 Å². The van der Waals surface area contributed by atoms with E-state index in [1.54, 1.807) is 0 Å². The van der Waals surface area contributed by atoms with E-state index in [2.05, 4.69) is 36.9 Å². The van der Waals surface area contributed by atoms with Gasteiger partial charge in [0.2, 0.25) is 0 Å². The number of allylic oxidation sites excluding steroid dienone is 1. The summed E-state index contributed by atoms with van der Waals surface area (Å²) in [5.74, 6) is 0.0181. The van der Waals surface area contributed by atoms with Crippen LogP contribution in [-0.2, 0) is 0 Å². The molecule has 0 spiro atoms. The van der Waals surface area contributed by atoms with Gasteiger partial charge in [-0.25, -0.2) is 0 Å². The number of rotatable bonds is 5. The highest BCUT2D eigenvalue weighted by Gasteiger charge is 2.22. The average molecular weight is 288 g/mol. The molecule has 0 saturated carbocycles. The SMILES string of the molecule is C=CCC(c1ccccc1)C(O)c1cccc2ccccc12. The summed E-state index contributed by atoms with van der Waals surface area (Å²) in [6.07, 6.45) is 2.08. The Hall–Kier alpha value is -2.38. The van der Waals surface area contributed by atoms with Gasteiger partial charge in [-0.2, -0.15) is 0 Å². The Bertz CT molecular complexity index is 756. The maximum atomic E-state index is 11.0. The Labute approximate surface area is 131 Å². The molecule has 0 amide bonds. The van der Waals surface area contributed by atoms with E-state index in [1.807, 2.05) is 48.5 Å². The van der Waals surface area contributed by atoms with Crippen molar-refractivity contribution in [1.29, 1.82) is 0 Å². The quantitative estimate of drug-likeness (QED) is 0.637. The summed E-state index contributed by atoms with van der Waals surface area (Å²) < 4.78 is 0. The van der Waals surface area contributed by atoms with Gasteiger partial charge in [0.15, 0.2) is 0 Å². The fourth-order valence-corrected chi connectivity index (χ4v) is 3.05. The first-order valence-electron chi connectivity index (χ1n) is 7.63. The van der Waals surface area contributed by atoms with E-state index in [9.17, 15) is 5.11 Å². The van der Waals surface area contributed by atoms with Gasteiger partial charge >= 0.3 is 0 Å². The summed E-state index contributed by atoms with van der Waals surface area (Å²) in [6, 6.07) is 24.5. The molecule has 1 heteroatoms. The minimum absolute atomic E-state index is 0.0181. The first-order valence-corrected chi connectivity index (χ1v) is 7.63. The molecular weight excluding hydrogens is 268 g/mol. The zero-order valence-electron chi connectivity index (χ0n) is 12.5. The lowest BCUT2D eigenvalue weighted by molar-refractivity contribution is 0.147. The van der Waals surface area contributed by atoms with Crippen LogP contribution in [0, 0.1) is 0 Å². The molecule has 0 aliphatic rings. The van der Waals surface area contributed by atoms with Crippen molar-refractivity contribution < 1.29 is 5.11 Å². The van der Waals surface area contributed by atoms with Crippen molar-refractivity contribution in [3.8, 4) is 0 Å². The molecule has 110 valence electrons. The van der Waals surface area contributed by atoms with Gasteiger partial charge in [0.05, 0.1) is 6.10 Å². The molecule has 1 N–H and O–H groups in total. The van der Waals surface area contributed by atoms with Crippen LogP contribution in [0.5, 0.6) is 0 Å². The molecule has 0 aliphatic heterocycles. The van der Waals surface area contributed by atoms with E-state index in [1.165, 1.54) is 0 Å². The number of hydrogen-bond acceptors (Lipinski definition) is 1. The lowest BCUT2D eigenvalue weighted by Gasteiger charge is -2.24. The van der Waals surface area contributed by atoms with Gasteiger partial charge in [-0.1, -0.05) is 78.9 Å². The number of fused-ring (bicyclic) bond motifs is 1. The van der Waals surface area contributed by atoms with E-state index in [0.29, 0.717) is 0 Å². The molecule has 0 radical (unpaired) electrons. The van der Waals surface area contributed by atoms with Crippen molar-refractivity contribution in [3.05, 3.63) is 96.6 Å². The molecule has 0 aliphatic carbocycles. The number of benzene rings is 3. The van der Waals surface area contributed by atoms with Crippen LogP contribution in [0.4, 0.5) is 0 Å². The van der Waals surface area contributed by atoms with Gasteiger partial charge in [0, 0.05) is 5.92 Å². The van der Waals surface area contributed by atoms with Gasteiger partial charge in [0.25, 0.3) is 0 Å². The van der Waals surface area contributed by atoms with Crippen molar-refractivity contribution >= 4 is 10.8 Å². The zero-order chi connectivity index (χ0) is 15.4. The molecule has 1 nitrogen and oxygen atoms in total. The summed E-state index contributed by atoms with van der Waals surface area (Å²) in [6.45, 7) is 3.85. The van der Waals surface area contributed by atoms with E-state index >= 15 is 0 Å². The highest BCUT2D eigenvalue weighted by atomic mass is 16.3. The van der Waals surface area contributed by atoms with Gasteiger partial charge < -0.3 is 5.11 Å². The Balaban J connectivity index is 2.06. The second-order valence-electron chi connectivity index (χ2n) is 5.55. The summed E-state index contributed by atoms with van der Waals surface area (Å²) in [5.41, 5.74) is 2.12. The standard InChI is InChI=1S/C21H20O/c1-2-9-19(17-10-4-3-5-11-17)21(22)20-15-8-13-16-12-6-7-14-18(16)20/h2-8,10-15,19,21-22H,1,9H2. The van der Waals surface area contributed by atoms with Gasteiger partial charge in [-0.15, -0.1) is 6.58 Å². The molecule has 0 bridgehead atoms. The molecule has 0 saturated heterocycles. The first kappa shape index (κ1) is 14.6. The molecule has 3 aromatic carbocycles. The molecular formula is C21H20O. The highest BCUT2D eigenvalue weighted by Crippen LogP contribution is 2.36. The molecule has 2 unspecified atom stereocenters. The highest BCUT2D eigenvalue weighted by molar-refractivity contribution is 5.86. The largest absolute Gasteiger partial charge is 0.388 e. The molecule has 0 heterocycles. The van der Waals surface area contributed by atoms with Crippen molar-refractivity contribution in [2.24, 2.45) is 0 Å². The van der Waals surface area contributed by atoms with Gasteiger partial charge in [-0.3, -0.25) is 0 Å². The summed E-state index contributed by atoms with van der Waals surface area (Å²) in [7, 11) is 0. The van der Waals surface area contributed by atoms with Crippen molar-refractivity contribution in [2.75, 3.05) is 0 Å². The first-order chi connectivity index (χ1) is 10.8. The van der Waals surface area contributed by atoms with Crippen LogP contribution in [0.2, 0.25) is 0 Å². The molecule has 2 atom stereocenters. The molecule has 3 rings (SSSR count). The van der Waals surface area contributed by atoms with Crippen molar-refractivity contribution in [3.63, 3.8) is 0 Å². The molecule has 22 heavy (non-hydrogen) atoms. The van der Waals surface area contributed by atoms with E-state index in [0.717, 1.165) is 28.3 Å². The van der Waals surface area contributed by atoms with Crippen LogP contribution in [0.25, 0.3) is 10.8 Å². The van der Waals surface area contributed by atoms with E-state index in [4.69, 9.17) is 0 Å². The van der Waals surface area contributed by atoms with E-state index < -0.39 is 6.10 Å². The third-order valence-electron chi connectivity index (χ3n) is 4.17. The molecule has 3 aromatic rings. The second kappa shape index (κ2) is 6.59. The summed E-state index contributed by atoms with van der Waals surface area (Å²) >= 11 is 0. The zero-order valence-corrected chi connectivity index (χ0v) is 12.5. The smallest absolute Gasteiger partial charge is 0.0867 e. The Morgan fingerprint density at radius 2 is 1.55 bits per heavy atom. The maximum absolute atomic E-state index is 11.0. The van der Waals surface area contributed by atoms with Crippen LogP contribution in [0.3, 0.4) is 0 Å². The fourth-order valence-electron chi connectivity index (χ4n) is 3.05. The predicted molar refractivity (Wildman–Crippen MR) is 92.9 cm³/mol. The van der Waals surface area contributed by atoms with E-state index in [-0.39, 0.29) is 5.92 Å². The third kappa shape index (κ3) is 2.81. The van der Waals surface area contributed by atoms with Crippen LogP contribution < -0.4 is 0 Å². The lowest BCUT2D eigenvalue weighted by Crippen LogP contribution is -2.11. The summed E-state index contributed by atoms with van der Waals surface area (Å²) in [4.78, 5) is 0. The minimum atomic E-state index is -0.550. The maximum Gasteiger partial charge on any atom is 0.0867 e. The Kier molecular flexibility index (Phi) is 4.36. The number of hydrogen-bond donors (Lipinski definition) is 1. The minimum Gasteiger partial charge on any atom is -0.388 e. The number of aliphatic hydroxyl groups excluding tert-OH is 1. The predicted octanol–water partition coefficient (Wildman–Crippen LogP) is 5.23. The van der Waals surface area contributed by atoms with Crippen molar-refractivity contribution in [2.45, 2.75) is 18.4 Å². The average Bonchev–Trinajstić information content (AvgIpc) is 2.59. The Morgan fingerprint density at radius 1 is 0.864 bits per heavy atom. The van der Waals surface area contributed by atoms with Gasteiger partial charge in [0.1, 0.15) is 0 Å². The number of aliphatic hydroxyl groups is 1.